The van der Waals surface area contributed by atoms with E-state index in [2.05, 4.69) is 26.4 Å². The Hall–Kier alpha value is -1.18. The summed E-state index contributed by atoms with van der Waals surface area (Å²) in [7, 11) is 0. The summed E-state index contributed by atoms with van der Waals surface area (Å²) in [4.78, 5) is 11.8. The molecule has 0 spiro atoms. The highest BCUT2D eigenvalue weighted by Gasteiger charge is 2.10. The third kappa shape index (κ3) is 3.39. The van der Waals surface area contributed by atoms with Crippen LogP contribution in [0.25, 0.3) is 0 Å². The molecule has 0 atom stereocenters. The number of thiophene rings is 1. The van der Waals surface area contributed by atoms with Crippen LogP contribution in [0, 0.1) is 0 Å². The van der Waals surface area contributed by atoms with Gasteiger partial charge in [-0.25, -0.2) is 4.79 Å². The minimum atomic E-state index is -1.08. The molecule has 2 N–H and O–H groups in total. The maximum Gasteiger partial charge on any atom is 0.358 e. The van der Waals surface area contributed by atoms with E-state index in [9.17, 15) is 4.79 Å². The van der Waals surface area contributed by atoms with Crippen LogP contribution >= 0.6 is 27.3 Å². The number of hydrogen-bond acceptors (Lipinski definition) is 5. The topological polar surface area (TPSA) is 75.4 Å². The third-order valence-electron chi connectivity index (χ3n) is 2.00. The Kier molecular flexibility index (Phi) is 3.93. The van der Waals surface area contributed by atoms with Crippen LogP contribution in [0.1, 0.15) is 21.1 Å². The zero-order valence-electron chi connectivity index (χ0n) is 8.64. The van der Waals surface area contributed by atoms with Crippen LogP contribution in [-0.2, 0) is 13.1 Å². The van der Waals surface area contributed by atoms with Gasteiger partial charge < -0.3 is 14.9 Å². The molecular formula is C10H9BrN2O3S. The lowest BCUT2D eigenvalue weighted by molar-refractivity contribution is 0.0685. The number of carboxylic acid groups (broad SMARTS) is 1. The van der Waals surface area contributed by atoms with E-state index in [4.69, 9.17) is 9.63 Å². The maximum atomic E-state index is 10.6. The summed E-state index contributed by atoms with van der Waals surface area (Å²) in [5.41, 5.74) is -0.0688. The number of hydrogen-bond donors (Lipinski definition) is 2. The van der Waals surface area contributed by atoms with Gasteiger partial charge in [0, 0.05) is 27.3 Å². The first-order chi connectivity index (χ1) is 8.15. The molecule has 17 heavy (non-hydrogen) atoms. The average Bonchev–Trinajstić information content (AvgIpc) is 2.88. The van der Waals surface area contributed by atoms with Crippen molar-refractivity contribution in [1.29, 1.82) is 0 Å². The first kappa shape index (κ1) is 12.3. The van der Waals surface area contributed by atoms with Crippen molar-refractivity contribution in [2.75, 3.05) is 0 Å². The fraction of sp³-hybridized carbons (Fsp3) is 0.200. The van der Waals surface area contributed by atoms with Gasteiger partial charge in [-0.15, -0.1) is 11.3 Å². The predicted octanol–water partition coefficient (Wildman–Crippen LogP) is 2.49. The molecule has 0 unspecified atom stereocenters. The van der Waals surface area contributed by atoms with Gasteiger partial charge in [0.25, 0.3) is 0 Å². The highest BCUT2D eigenvalue weighted by molar-refractivity contribution is 9.10. The Balaban J connectivity index is 1.83. The van der Waals surface area contributed by atoms with E-state index >= 15 is 0 Å². The standard InChI is InChI=1S/C10H9BrN2O3S/c11-6-1-8(17-5-6)4-12-3-7-2-9(10(14)15)13-16-7/h1-2,5,12H,3-4H2,(H,14,15). The molecule has 0 amide bonds. The molecule has 0 aromatic carbocycles. The minimum absolute atomic E-state index is 0.0688. The highest BCUT2D eigenvalue weighted by atomic mass is 79.9. The number of aromatic carboxylic acids is 1. The van der Waals surface area contributed by atoms with Gasteiger partial charge in [-0.1, -0.05) is 5.16 Å². The Bertz CT molecular complexity index is 523. The fourth-order valence-electron chi connectivity index (χ4n) is 1.25. The second-order valence-electron chi connectivity index (χ2n) is 3.32. The average molecular weight is 317 g/mol. The zero-order chi connectivity index (χ0) is 12.3. The molecule has 90 valence electrons. The Morgan fingerprint density at radius 1 is 1.53 bits per heavy atom. The van der Waals surface area contributed by atoms with Gasteiger partial charge in [-0.05, 0) is 22.0 Å². The van der Waals surface area contributed by atoms with Crippen LogP contribution in [0.4, 0.5) is 0 Å². The first-order valence-corrected chi connectivity index (χ1v) is 6.45. The van der Waals surface area contributed by atoms with Crippen LogP contribution in [0.2, 0.25) is 0 Å². The molecule has 7 heteroatoms. The summed E-state index contributed by atoms with van der Waals surface area (Å²) in [6.07, 6.45) is 0. The van der Waals surface area contributed by atoms with E-state index in [0.29, 0.717) is 18.8 Å². The van der Waals surface area contributed by atoms with Gasteiger partial charge >= 0.3 is 5.97 Å². The molecule has 0 saturated heterocycles. The smallest absolute Gasteiger partial charge is 0.358 e. The Labute approximate surface area is 110 Å². The summed E-state index contributed by atoms with van der Waals surface area (Å²) in [6.45, 7) is 1.16. The second kappa shape index (κ2) is 5.44. The van der Waals surface area contributed by atoms with Gasteiger partial charge in [-0.2, -0.15) is 0 Å². The van der Waals surface area contributed by atoms with E-state index in [-0.39, 0.29) is 5.69 Å². The van der Waals surface area contributed by atoms with E-state index in [1.54, 1.807) is 11.3 Å². The predicted molar refractivity (Wildman–Crippen MR) is 66.0 cm³/mol. The molecular weight excluding hydrogens is 308 g/mol. The molecule has 0 saturated carbocycles. The number of rotatable bonds is 5. The van der Waals surface area contributed by atoms with E-state index in [0.717, 1.165) is 4.47 Å². The first-order valence-electron chi connectivity index (χ1n) is 4.77. The molecule has 5 nitrogen and oxygen atoms in total. The fourth-order valence-corrected chi connectivity index (χ4v) is 2.67. The molecule has 0 aliphatic rings. The molecule has 0 radical (unpaired) electrons. The third-order valence-corrected chi connectivity index (χ3v) is 3.70. The van der Waals surface area contributed by atoms with Crippen LogP contribution in [0.15, 0.2) is 26.5 Å². The highest BCUT2D eigenvalue weighted by Crippen LogP contribution is 2.19. The normalized spacial score (nSPS) is 10.6. The summed E-state index contributed by atoms with van der Waals surface area (Å²) in [6, 6.07) is 3.44. The molecule has 2 aromatic rings. The van der Waals surface area contributed by atoms with Crippen molar-refractivity contribution >= 4 is 33.2 Å². The van der Waals surface area contributed by atoms with Crippen molar-refractivity contribution in [3.8, 4) is 0 Å². The quantitative estimate of drug-likeness (QED) is 0.886. The number of nitrogens with one attached hydrogen (secondary N) is 1. The van der Waals surface area contributed by atoms with Gasteiger partial charge in [0.15, 0.2) is 11.5 Å². The molecule has 0 aliphatic heterocycles. The van der Waals surface area contributed by atoms with Crippen molar-refractivity contribution in [2.24, 2.45) is 0 Å². The van der Waals surface area contributed by atoms with E-state index in [1.807, 2.05) is 11.4 Å². The zero-order valence-corrected chi connectivity index (χ0v) is 11.0. The van der Waals surface area contributed by atoms with Gasteiger partial charge in [0.1, 0.15) is 0 Å². The maximum absolute atomic E-state index is 10.6. The minimum Gasteiger partial charge on any atom is -0.476 e. The Morgan fingerprint density at radius 2 is 2.35 bits per heavy atom. The van der Waals surface area contributed by atoms with Crippen LogP contribution in [0.3, 0.4) is 0 Å². The number of nitrogens with zero attached hydrogens (tertiary/aromatic N) is 1. The lowest BCUT2D eigenvalue weighted by Crippen LogP contribution is -2.11. The molecule has 2 aromatic heterocycles. The van der Waals surface area contributed by atoms with Crippen molar-refractivity contribution in [1.82, 2.24) is 10.5 Å². The van der Waals surface area contributed by atoms with Crippen molar-refractivity contribution in [3.63, 3.8) is 0 Å². The van der Waals surface area contributed by atoms with Crippen molar-refractivity contribution in [2.45, 2.75) is 13.1 Å². The van der Waals surface area contributed by atoms with E-state index < -0.39 is 5.97 Å². The van der Waals surface area contributed by atoms with Gasteiger partial charge in [-0.3, -0.25) is 0 Å². The summed E-state index contributed by atoms with van der Waals surface area (Å²) in [5.74, 6) is -0.569. The molecule has 2 rings (SSSR count). The summed E-state index contributed by atoms with van der Waals surface area (Å²) >= 11 is 5.02. The molecule has 2 heterocycles. The summed E-state index contributed by atoms with van der Waals surface area (Å²) in [5, 5.41) is 17.2. The van der Waals surface area contributed by atoms with E-state index in [1.165, 1.54) is 10.9 Å². The lowest BCUT2D eigenvalue weighted by Gasteiger charge is -1.98. The number of carboxylic acids is 1. The monoisotopic (exact) mass is 316 g/mol. The molecule has 0 fully saturated rings. The van der Waals surface area contributed by atoms with Crippen molar-refractivity contribution < 1.29 is 14.4 Å². The second-order valence-corrected chi connectivity index (χ2v) is 5.23. The number of halogens is 1. The van der Waals surface area contributed by atoms with Gasteiger partial charge in [0.05, 0.1) is 6.54 Å². The number of carbonyl (C=O) groups is 1. The summed E-state index contributed by atoms with van der Waals surface area (Å²) < 4.78 is 5.93. The number of aromatic nitrogens is 1. The van der Waals surface area contributed by atoms with Crippen LogP contribution < -0.4 is 5.32 Å². The lowest BCUT2D eigenvalue weighted by atomic mass is 10.3. The van der Waals surface area contributed by atoms with Crippen molar-refractivity contribution in [3.05, 3.63) is 38.3 Å². The van der Waals surface area contributed by atoms with Crippen LogP contribution in [-0.4, -0.2) is 16.2 Å². The van der Waals surface area contributed by atoms with Gasteiger partial charge in [0.2, 0.25) is 0 Å². The van der Waals surface area contributed by atoms with Crippen LogP contribution in [0.5, 0.6) is 0 Å². The molecule has 0 aliphatic carbocycles. The largest absolute Gasteiger partial charge is 0.476 e. The molecule has 0 bridgehead atoms. The Morgan fingerprint density at radius 3 is 2.94 bits per heavy atom. The SMILES string of the molecule is O=C(O)c1cc(CNCc2cc(Br)cs2)on1.